The zero-order valence-corrected chi connectivity index (χ0v) is 15.3. The van der Waals surface area contributed by atoms with E-state index in [1.54, 1.807) is 6.07 Å². The van der Waals surface area contributed by atoms with Gasteiger partial charge in [0.05, 0.1) is 25.7 Å². The number of ether oxygens (including phenoxy) is 1. The highest BCUT2D eigenvalue weighted by Crippen LogP contribution is 2.37. The fourth-order valence-electron chi connectivity index (χ4n) is 2.16. The smallest absolute Gasteiger partial charge is 0.343 e. The van der Waals surface area contributed by atoms with Gasteiger partial charge < -0.3 is 4.74 Å². The SMILES string of the molecule is Cc1ccc2c(Cl)cc(Cl)c(OC(=O)c3ccc(Cl)c(Cl)c3)c2n1. The van der Waals surface area contributed by atoms with Gasteiger partial charge in [-0.15, -0.1) is 0 Å². The molecule has 0 aliphatic rings. The Hall–Kier alpha value is -1.52. The number of carbonyl (C=O) groups is 1. The number of hydrogen-bond donors (Lipinski definition) is 0. The highest BCUT2D eigenvalue weighted by atomic mass is 35.5. The highest BCUT2D eigenvalue weighted by Gasteiger charge is 2.18. The minimum atomic E-state index is -0.623. The van der Waals surface area contributed by atoms with E-state index in [4.69, 9.17) is 51.1 Å². The molecule has 7 heteroatoms. The number of fused-ring (bicyclic) bond motifs is 1. The maximum atomic E-state index is 12.4. The number of pyridine rings is 1. The van der Waals surface area contributed by atoms with Gasteiger partial charge in [0.2, 0.25) is 0 Å². The summed E-state index contributed by atoms with van der Waals surface area (Å²) in [7, 11) is 0. The van der Waals surface area contributed by atoms with Gasteiger partial charge >= 0.3 is 5.97 Å². The van der Waals surface area contributed by atoms with Crippen LogP contribution in [0.25, 0.3) is 10.9 Å². The lowest BCUT2D eigenvalue weighted by atomic mass is 10.2. The van der Waals surface area contributed by atoms with Crippen LogP contribution < -0.4 is 4.74 Å². The topological polar surface area (TPSA) is 39.2 Å². The summed E-state index contributed by atoms with van der Waals surface area (Å²) in [6.45, 7) is 1.82. The van der Waals surface area contributed by atoms with Crippen LogP contribution >= 0.6 is 46.4 Å². The van der Waals surface area contributed by atoms with Crippen LogP contribution in [0, 0.1) is 6.92 Å². The van der Waals surface area contributed by atoms with Crippen LogP contribution in [0.3, 0.4) is 0 Å². The Morgan fingerprint density at radius 2 is 1.67 bits per heavy atom. The lowest BCUT2D eigenvalue weighted by molar-refractivity contribution is 0.0737. The summed E-state index contributed by atoms with van der Waals surface area (Å²) in [6, 6.07) is 9.59. The van der Waals surface area contributed by atoms with Gasteiger partial charge in [-0.2, -0.15) is 0 Å². The van der Waals surface area contributed by atoms with E-state index in [2.05, 4.69) is 4.98 Å². The normalized spacial score (nSPS) is 10.9. The lowest BCUT2D eigenvalue weighted by Gasteiger charge is -2.11. The third-order valence-corrected chi connectivity index (χ3v) is 4.66. The van der Waals surface area contributed by atoms with Crippen molar-refractivity contribution in [1.82, 2.24) is 4.98 Å². The van der Waals surface area contributed by atoms with E-state index in [0.29, 0.717) is 20.9 Å². The van der Waals surface area contributed by atoms with Crippen molar-refractivity contribution >= 4 is 63.3 Å². The maximum Gasteiger partial charge on any atom is 0.343 e. The molecule has 0 bridgehead atoms. The van der Waals surface area contributed by atoms with E-state index in [1.807, 2.05) is 13.0 Å². The predicted octanol–water partition coefficient (Wildman–Crippen LogP) is 6.38. The Morgan fingerprint density at radius 3 is 2.38 bits per heavy atom. The van der Waals surface area contributed by atoms with Gasteiger partial charge in [-0.1, -0.05) is 46.4 Å². The van der Waals surface area contributed by atoms with Crippen molar-refractivity contribution < 1.29 is 9.53 Å². The summed E-state index contributed by atoms with van der Waals surface area (Å²) in [5, 5.41) is 1.87. The van der Waals surface area contributed by atoms with Gasteiger partial charge in [0.1, 0.15) is 5.52 Å². The van der Waals surface area contributed by atoms with Gasteiger partial charge in [-0.05, 0) is 43.3 Å². The maximum absolute atomic E-state index is 12.4. The van der Waals surface area contributed by atoms with Gasteiger partial charge in [-0.25, -0.2) is 9.78 Å². The van der Waals surface area contributed by atoms with Crippen LogP contribution in [0.4, 0.5) is 0 Å². The van der Waals surface area contributed by atoms with E-state index >= 15 is 0 Å². The van der Waals surface area contributed by atoms with Crippen LogP contribution in [-0.4, -0.2) is 11.0 Å². The first-order valence-corrected chi connectivity index (χ1v) is 8.30. The van der Waals surface area contributed by atoms with Crippen molar-refractivity contribution in [1.29, 1.82) is 0 Å². The number of hydrogen-bond acceptors (Lipinski definition) is 3. The molecule has 0 atom stereocenters. The fraction of sp³-hybridized carbons (Fsp3) is 0.0588. The number of benzene rings is 2. The molecule has 24 heavy (non-hydrogen) atoms. The number of esters is 1. The molecular formula is C17H9Cl4NO2. The molecule has 0 fully saturated rings. The first kappa shape index (κ1) is 17.3. The predicted molar refractivity (Wildman–Crippen MR) is 97.9 cm³/mol. The molecule has 0 N–H and O–H groups in total. The molecule has 122 valence electrons. The summed E-state index contributed by atoms with van der Waals surface area (Å²) >= 11 is 24.2. The zero-order chi connectivity index (χ0) is 17.4. The van der Waals surface area contributed by atoms with Gasteiger partial charge in [0.15, 0.2) is 5.75 Å². The van der Waals surface area contributed by atoms with E-state index in [1.165, 1.54) is 24.3 Å². The number of nitrogens with zero attached hydrogens (tertiary/aromatic N) is 1. The quantitative estimate of drug-likeness (QED) is 0.370. The molecule has 0 unspecified atom stereocenters. The molecule has 0 aliphatic heterocycles. The molecule has 0 amide bonds. The lowest BCUT2D eigenvalue weighted by Crippen LogP contribution is -2.09. The molecule has 1 heterocycles. The van der Waals surface area contributed by atoms with Crippen molar-refractivity contribution in [3.05, 3.63) is 67.7 Å². The van der Waals surface area contributed by atoms with Gasteiger partial charge in [0, 0.05) is 11.1 Å². The second-order valence-corrected chi connectivity index (χ2v) is 6.67. The van der Waals surface area contributed by atoms with Crippen LogP contribution in [0.15, 0.2) is 36.4 Å². The Balaban J connectivity index is 2.07. The number of rotatable bonds is 2. The van der Waals surface area contributed by atoms with Crippen molar-refractivity contribution in [2.75, 3.05) is 0 Å². The summed E-state index contributed by atoms with van der Waals surface area (Å²) in [6.07, 6.45) is 0. The van der Waals surface area contributed by atoms with Crippen molar-refractivity contribution in [2.45, 2.75) is 6.92 Å². The summed E-state index contributed by atoms with van der Waals surface area (Å²) in [4.78, 5) is 16.8. The molecule has 3 rings (SSSR count). The Kier molecular flexibility index (Phi) is 4.88. The van der Waals surface area contributed by atoms with Crippen molar-refractivity contribution in [3.63, 3.8) is 0 Å². The third-order valence-electron chi connectivity index (χ3n) is 3.33. The minimum absolute atomic E-state index is 0.149. The fourth-order valence-corrected chi connectivity index (χ4v) is 3.01. The molecule has 0 saturated heterocycles. The molecule has 0 spiro atoms. The summed E-state index contributed by atoms with van der Waals surface area (Å²) in [5.74, 6) is -0.474. The number of aryl methyl sites for hydroxylation is 1. The first-order valence-electron chi connectivity index (χ1n) is 6.79. The molecule has 0 radical (unpaired) electrons. The average molecular weight is 401 g/mol. The van der Waals surface area contributed by atoms with Crippen LogP contribution in [0.1, 0.15) is 16.1 Å². The van der Waals surface area contributed by atoms with Crippen LogP contribution in [-0.2, 0) is 0 Å². The Bertz CT molecular complexity index is 972. The largest absolute Gasteiger partial charge is 0.419 e. The highest BCUT2D eigenvalue weighted by molar-refractivity contribution is 6.42. The second-order valence-electron chi connectivity index (χ2n) is 5.04. The number of halogens is 4. The molecule has 0 saturated carbocycles. The molecule has 3 aromatic rings. The average Bonchev–Trinajstić information content (AvgIpc) is 2.53. The molecule has 2 aromatic carbocycles. The van der Waals surface area contributed by atoms with Crippen LogP contribution in [0.2, 0.25) is 20.1 Å². The Morgan fingerprint density at radius 1 is 0.917 bits per heavy atom. The van der Waals surface area contributed by atoms with E-state index in [0.717, 1.165) is 5.69 Å². The van der Waals surface area contributed by atoms with Crippen molar-refractivity contribution in [2.24, 2.45) is 0 Å². The molecule has 3 nitrogen and oxygen atoms in total. The van der Waals surface area contributed by atoms with Gasteiger partial charge in [0.25, 0.3) is 0 Å². The first-order chi connectivity index (χ1) is 11.4. The second kappa shape index (κ2) is 6.77. The molecular weight excluding hydrogens is 392 g/mol. The zero-order valence-electron chi connectivity index (χ0n) is 12.2. The third kappa shape index (κ3) is 3.31. The standard InChI is InChI=1S/C17H9Cl4NO2/c1-8-2-4-10-12(19)7-14(21)16(15(10)22-8)24-17(23)9-3-5-11(18)13(20)6-9/h2-7H,1H3. The minimum Gasteiger partial charge on any atom is -0.419 e. The van der Waals surface area contributed by atoms with Crippen molar-refractivity contribution in [3.8, 4) is 5.75 Å². The summed E-state index contributed by atoms with van der Waals surface area (Å²) in [5.41, 5.74) is 1.41. The molecule has 1 aromatic heterocycles. The number of aromatic nitrogens is 1. The Labute approximate surface area is 158 Å². The van der Waals surface area contributed by atoms with E-state index in [9.17, 15) is 4.79 Å². The molecule has 0 aliphatic carbocycles. The number of carbonyl (C=O) groups excluding carboxylic acids is 1. The summed E-state index contributed by atoms with van der Waals surface area (Å²) < 4.78 is 5.46. The van der Waals surface area contributed by atoms with E-state index in [-0.39, 0.29) is 21.4 Å². The van der Waals surface area contributed by atoms with E-state index < -0.39 is 5.97 Å². The monoisotopic (exact) mass is 399 g/mol. The van der Waals surface area contributed by atoms with Crippen LogP contribution in [0.5, 0.6) is 5.75 Å². The van der Waals surface area contributed by atoms with Gasteiger partial charge in [-0.3, -0.25) is 0 Å².